The first kappa shape index (κ1) is 29.8. The van der Waals surface area contributed by atoms with E-state index in [9.17, 15) is 5.26 Å². The number of nitrogens with zero attached hydrogens (tertiary/aromatic N) is 4. The third-order valence-electron chi connectivity index (χ3n) is 5.76. The number of aliphatic hydroxyl groups excluding tert-OH is 1. The molecule has 0 bridgehead atoms. The zero-order chi connectivity index (χ0) is 27.9. The molecule has 2 aromatic carbocycles. The zero-order valence-corrected chi connectivity index (χ0v) is 22.3. The van der Waals surface area contributed by atoms with Crippen LogP contribution in [0.3, 0.4) is 0 Å². The monoisotopic (exact) mass is 559 g/mol. The van der Waals surface area contributed by atoms with E-state index in [0.717, 1.165) is 5.56 Å². The molecule has 0 aliphatic heterocycles. The number of hydrogen-bond acceptors (Lipinski definition) is 10. The number of nitrogens with two attached hydrogens (primary N) is 1. The van der Waals surface area contributed by atoms with Gasteiger partial charge in [0.05, 0.1) is 38.7 Å². The Kier molecular flexibility index (Phi) is 9.98. The van der Waals surface area contributed by atoms with Crippen LogP contribution in [0.5, 0.6) is 17.2 Å². The molecule has 0 atom stereocenters. The van der Waals surface area contributed by atoms with E-state index in [-0.39, 0.29) is 37.7 Å². The van der Waals surface area contributed by atoms with Gasteiger partial charge in [-0.2, -0.15) is 5.26 Å². The largest absolute Gasteiger partial charge is 0.493 e. The molecule has 0 spiro atoms. The Hall–Kier alpha value is -4.71. The van der Waals surface area contributed by atoms with Crippen LogP contribution in [0.2, 0.25) is 0 Å². The molecule has 4 rings (SSSR count). The number of aryl methyl sites for hydroxylation is 1. The first-order valence-electron chi connectivity index (χ1n) is 11.7. The maximum absolute atomic E-state index is 10.1. The van der Waals surface area contributed by atoms with Gasteiger partial charge in [-0.15, -0.1) is 0 Å². The minimum Gasteiger partial charge on any atom is -0.493 e. The third kappa shape index (κ3) is 6.12. The van der Waals surface area contributed by atoms with Gasteiger partial charge in [0.15, 0.2) is 11.5 Å². The van der Waals surface area contributed by atoms with Crippen LogP contribution in [-0.2, 0) is 5.75 Å². The molecule has 4 aromatic rings. The van der Waals surface area contributed by atoms with E-state index >= 15 is 0 Å². The number of thioether (sulfide) groups is 1. The number of anilines is 1. The molecule has 2 aromatic heterocycles. The van der Waals surface area contributed by atoms with Gasteiger partial charge in [-0.05, 0) is 42.8 Å². The number of rotatable bonds is 10. The van der Waals surface area contributed by atoms with Crippen molar-refractivity contribution in [1.82, 2.24) is 9.97 Å². The predicted molar refractivity (Wildman–Crippen MR) is 154 cm³/mol. The Balaban J connectivity index is 0.00000441. The molecule has 206 valence electrons. The number of oxazole rings is 1. The molecule has 0 amide bonds. The third-order valence-corrected chi connectivity index (χ3v) is 6.75. The quantitative estimate of drug-likeness (QED) is 0.175. The van der Waals surface area contributed by atoms with Crippen LogP contribution in [0.4, 0.5) is 11.5 Å². The van der Waals surface area contributed by atoms with Gasteiger partial charge in [0.2, 0.25) is 11.6 Å². The van der Waals surface area contributed by atoms with Gasteiger partial charge in [0, 0.05) is 16.9 Å². The highest BCUT2D eigenvalue weighted by atomic mass is 32.2. The van der Waals surface area contributed by atoms with Crippen molar-refractivity contribution >= 4 is 23.3 Å². The summed E-state index contributed by atoms with van der Waals surface area (Å²) in [6, 6.07) is 14.5. The average molecular weight is 560 g/mol. The average Bonchev–Trinajstić information content (AvgIpc) is 3.34. The molecule has 0 aliphatic carbocycles. The Morgan fingerprint density at radius 2 is 1.80 bits per heavy atom. The fraction of sp³-hybridized carbons (Fsp3) is 0.241. The minimum atomic E-state index is -0.107. The maximum atomic E-state index is 10.1. The van der Waals surface area contributed by atoms with Crippen molar-refractivity contribution in [3.8, 4) is 45.9 Å². The molecule has 10 nitrogen and oxygen atoms in total. The van der Waals surface area contributed by atoms with E-state index in [0.29, 0.717) is 56.5 Å². The number of nitrogen functional groups attached to an aromatic ring is 1. The van der Waals surface area contributed by atoms with Gasteiger partial charge in [-0.25, -0.2) is 14.8 Å². The van der Waals surface area contributed by atoms with Gasteiger partial charge in [-0.1, -0.05) is 31.3 Å². The van der Waals surface area contributed by atoms with Gasteiger partial charge < -0.3 is 29.5 Å². The van der Waals surface area contributed by atoms with Crippen LogP contribution in [0, 0.1) is 24.8 Å². The van der Waals surface area contributed by atoms with Crippen molar-refractivity contribution in [2.24, 2.45) is 0 Å². The van der Waals surface area contributed by atoms with Gasteiger partial charge in [0.1, 0.15) is 35.0 Å². The van der Waals surface area contributed by atoms with E-state index in [2.05, 4.69) is 20.9 Å². The first-order valence-corrected chi connectivity index (χ1v) is 12.7. The van der Waals surface area contributed by atoms with Crippen molar-refractivity contribution in [1.29, 1.82) is 5.26 Å². The Labute approximate surface area is 237 Å². The molecular formula is C29H29N5O5S. The molecule has 2 heterocycles. The van der Waals surface area contributed by atoms with Crippen molar-refractivity contribution in [2.45, 2.75) is 25.1 Å². The Bertz CT molecular complexity index is 1570. The molecular weight excluding hydrogens is 530 g/mol. The molecule has 40 heavy (non-hydrogen) atoms. The number of aliphatic hydroxyl groups is 1. The standard InChI is InChI=1S/C28H25N5O5S.CH4/c1-16-21(32-27(38-16)18-7-10-22(35-3)23(13-18)36-4)15-39-28-20(14-29)24(25(31-2)26(30)33-28)17-5-8-19(9-6-17)37-12-11-34;/h5-10,13,34H,11-12,15H2,1,3-4H3,(H2,30,33);1H4. The fourth-order valence-corrected chi connectivity index (χ4v) is 4.84. The summed E-state index contributed by atoms with van der Waals surface area (Å²) in [6.07, 6.45) is 0. The van der Waals surface area contributed by atoms with Crippen LogP contribution < -0.4 is 19.9 Å². The second-order valence-corrected chi connectivity index (χ2v) is 9.07. The number of methoxy groups -OCH3 is 2. The molecule has 0 radical (unpaired) electrons. The van der Waals surface area contributed by atoms with Crippen LogP contribution in [0.25, 0.3) is 27.4 Å². The van der Waals surface area contributed by atoms with Crippen LogP contribution in [-0.4, -0.2) is 42.5 Å². The fourth-order valence-electron chi connectivity index (χ4n) is 3.85. The molecule has 3 N–H and O–H groups in total. The Morgan fingerprint density at radius 1 is 1.10 bits per heavy atom. The second kappa shape index (κ2) is 13.4. The SMILES string of the molecule is C.[C-]#[N+]c1c(N)nc(SCc2nc(-c3ccc(OC)c(OC)c3)oc2C)c(C#N)c1-c1ccc(OCCO)cc1. The molecule has 0 fully saturated rings. The van der Waals surface area contributed by atoms with Crippen molar-refractivity contribution < 1.29 is 23.7 Å². The highest BCUT2D eigenvalue weighted by molar-refractivity contribution is 7.98. The smallest absolute Gasteiger partial charge is 0.236 e. The first-order chi connectivity index (χ1) is 18.9. The summed E-state index contributed by atoms with van der Waals surface area (Å²) in [6.45, 7) is 9.52. The summed E-state index contributed by atoms with van der Waals surface area (Å²) in [5.41, 5.74) is 8.93. The van der Waals surface area contributed by atoms with E-state index < -0.39 is 0 Å². The summed E-state index contributed by atoms with van der Waals surface area (Å²) in [4.78, 5) is 12.6. The van der Waals surface area contributed by atoms with Crippen molar-refractivity contribution in [3.63, 3.8) is 0 Å². The number of hydrogen-bond donors (Lipinski definition) is 2. The summed E-state index contributed by atoms with van der Waals surface area (Å²) in [5, 5.41) is 19.4. The molecule has 11 heteroatoms. The lowest BCUT2D eigenvalue weighted by molar-refractivity contribution is 0.201. The summed E-state index contributed by atoms with van der Waals surface area (Å²) >= 11 is 1.28. The maximum Gasteiger partial charge on any atom is 0.236 e. The van der Waals surface area contributed by atoms with E-state index in [1.54, 1.807) is 50.6 Å². The normalized spacial score (nSPS) is 10.2. The van der Waals surface area contributed by atoms with E-state index in [1.165, 1.54) is 11.8 Å². The minimum absolute atomic E-state index is 0. The van der Waals surface area contributed by atoms with E-state index in [1.807, 2.05) is 13.0 Å². The highest BCUT2D eigenvalue weighted by Gasteiger charge is 2.22. The number of ether oxygens (including phenoxy) is 3. The molecule has 0 saturated heterocycles. The van der Waals surface area contributed by atoms with Crippen LogP contribution >= 0.6 is 11.8 Å². The molecule has 0 saturated carbocycles. The topological polar surface area (TPSA) is 141 Å². The summed E-state index contributed by atoms with van der Waals surface area (Å²) in [5.74, 6) is 3.14. The predicted octanol–water partition coefficient (Wildman–Crippen LogP) is 6.03. The van der Waals surface area contributed by atoms with Crippen molar-refractivity contribution in [2.75, 3.05) is 33.2 Å². The Morgan fingerprint density at radius 3 is 2.42 bits per heavy atom. The number of pyridine rings is 1. The number of nitriles is 1. The zero-order valence-electron chi connectivity index (χ0n) is 21.5. The lowest BCUT2D eigenvalue weighted by atomic mass is 10.00. The van der Waals surface area contributed by atoms with E-state index in [4.69, 9.17) is 36.0 Å². The molecule has 0 unspecified atom stereocenters. The lowest BCUT2D eigenvalue weighted by Gasteiger charge is -2.13. The van der Waals surface area contributed by atoms with Gasteiger partial charge in [0.25, 0.3) is 0 Å². The lowest BCUT2D eigenvalue weighted by Crippen LogP contribution is -2.02. The summed E-state index contributed by atoms with van der Waals surface area (Å²) in [7, 11) is 3.13. The number of aromatic nitrogens is 2. The van der Waals surface area contributed by atoms with Crippen LogP contribution in [0.15, 0.2) is 51.9 Å². The van der Waals surface area contributed by atoms with Gasteiger partial charge in [-0.3, -0.25) is 0 Å². The second-order valence-electron chi connectivity index (χ2n) is 8.10. The van der Waals surface area contributed by atoms with Crippen LogP contribution in [0.1, 0.15) is 24.4 Å². The molecule has 0 aliphatic rings. The summed E-state index contributed by atoms with van der Waals surface area (Å²) < 4.78 is 22.0. The number of benzene rings is 2. The van der Waals surface area contributed by atoms with Crippen molar-refractivity contribution in [3.05, 3.63) is 70.9 Å². The van der Waals surface area contributed by atoms with Gasteiger partial charge >= 0.3 is 0 Å². The highest BCUT2D eigenvalue weighted by Crippen LogP contribution is 2.42.